The summed E-state index contributed by atoms with van der Waals surface area (Å²) >= 11 is 0. The molecule has 0 unspecified atom stereocenters. The number of rotatable bonds is 4. The number of benzene rings is 2. The highest BCUT2D eigenvalue weighted by Crippen LogP contribution is 2.44. The summed E-state index contributed by atoms with van der Waals surface area (Å²) in [5.74, 6) is 0.439. The molecule has 2 aromatic carbocycles. The molecule has 0 aromatic heterocycles. The topological polar surface area (TPSA) is 76.0 Å². The van der Waals surface area contributed by atoms with E-state index in [0.29, 0.717) is 12.0 Å². The number of methoxy groups -OCH3 is 1. The summed E-state index contributed by atoms with van der Waals surface area (Å²) in [7, 11) is 1.59. The molecule has 1 aliphatic rings. The predicted molar refractivity (Wildman–Crippen MR) is 98.2 cm³/mol. The van der Waals surface area contributed by atoms with Gasteiger partial charge in [0.1, 0.15) is 34.7 Å². The lowest BCUT2D eigenvalue weighted by Gasteiger charge is -2.27. The SMILES string of the molecule is COc1ccc([C@H]2CC(=O)c3c(cc(O)c(CC=C(C)C)c3O)O2)cc1. The van der Waals surface area contributed by atoms with Gasteiger partial charge in [0, 0.05) is 11.6 Å². The lowest BCUT2D eigenvalue weighted by Crippen LogP contribution is -2.21. The van der Waals surface area contributed by atoms with Gasteiger partial charge < -0.3 is 19.7 Å². The van der Waals surface area contributed by atoms with Crippen molar-refractivity contribution in [3.63, 3.8) is 0 Å². The quantitative estimate of drug-likeness (QED) is 0.800. The Labute approximate surface area is 152 Å². The van der Waals surface area contributed by atoms with Crippen molar-refractivity contribution in [3.8, 4) is 23.0 Å². The van der Waals surface area contributed by atoms with Crippen molar-refractivity contribution < 1.29 is 24.5 Å². The number of Topliss-reactive ketones (excluding diaryl/α,β-unsaturated/α-hetero) is 1. The van der Waals surface area contributed by atoms with Crippen LogP contribution in [-0.2, 0) is 6.42 Å². The molecule has 5 nitrogen and oxygen atoms in total. The van der Waals surface area contributed by atoms with Crippen molar-refractivity contribution in [2.75, 3.05) is 7.11 Å². The van der Waals surface area contributed by atoms with E-state index in [4.69, 9.17) is 9.47 Å². The molecule has 3 rings (SSSR count). The second-order valence-electron chi connectivity index (χ2n) is 6.59. The van der Waals surface area contributed by atoms with E-state index in [1.807, 2.05) is 32.1 Å². The van der Waals surface area contributed by atoms with Crippen molar-refractivity contribution >= 4 is 5.78 Å². The second-order valence-corrected chi connectivity index (χ2v) is 6.59. The summed E-state index contributed by atoms with van der Waals surface area (Å²) in [6.07, 6.45) is 1.89. The first-order valence-electron chi connectivity index (χ1n) is 8.45. The highest BCUT2D eigenvalue weighted by molar-refractivity contribution is 6.03. The van der Waals surface area contributed by atoms with Gasteiger partial charge in [-0.25, -0.2) is 0 Å². The number of phenolic OH excluding ortho intramolecular Hbond substituents is 2. The number of fused-ring (bicyclic) bond motifs is 1. The molecule has 0 spiro atoms. The second kappa shape index (κ2) is 7.12. The van der Waals surface area contributed by atoms with E-state index >= 15 is 0 Å². The van der Waals surface area contributed by atoms with Gasteiger partial charge in [0.15, 0.2) is 5.78 Å². The Hall–Kier alpha value is -2.95. The Morgan fingerprint density at radius 3 is 2.58 bits per heavy atom. The van der Waals surface area contributed by atoms with Crippen molar-refractivity contribution in [1.82, 2.24) is 0 Å². The first kappa shape index (κ1) is 17.9. The summed E-state index contributed by atoms with van der Waals surface area (Å²) in [4.78, 5) is 12.7. The third-order valence-electron chi connectivity index (χ3n) is 4.47. The lowest BCUT2D eigenvalue weighted by molar-refractivity contribution is 0.0844. The van der Waals surface area contributed by atoms with E-state index in [1.165, 1.54) is 6.07 Å². The molecule has 0 aliphatic carbocycles. The summed E-state index contributed by atoms with van der Waals surface area (Å²) in [5, 5.41) is 20.8. The van der Waals surface area contributed by atoms with Gasteiger partial charge in [-0.3, -0.25) is 4.79 Å². The zero-order valence-electron chi connectivity index (χ0n) is 15.1. The predicted octanol–water partition coefficient (Wildman–Crippen LogP) is 4.32. The van der Waals surface area contributed by atoms with Crippen LogP contribution in [0.2, 0.25) is 0 Å². The number of hydrogen-bond acceptors (Lipinski definition) is 5. The summed E-state index contributed by atoms with van der Waals surface area (Å²) in [6, 6.07) is 8.69. The lowest BCUT2D eigenvalue weighted by atomic mass is 9.93. The van der Waals surface area contributed by atoms with Crippen LogP contribution in [0.25, 0.3) is 0 Å². The van der Waals surface area contributed by atoms with Crippen LogP contribution in [0.1, 0.15) is 47.9 Å². The number of hydrogen-bond donors (Lipinski definition) is 2. The number of ketones is 1. The van der Waals surface area contributed by atoms with Crippen LogP contribution < -0.4 is 9.47 Å². The zero-order chi connectivity index (χ0) is 18.8. The molecule has 0 bridgehead atoms. The van der Waals surface area contributed by atoms with Gasteiger partial charge in [0.05, 0.1) is 13.5 Å². The molecule has 0 amide bonds. The van der Waals surface area contributed by atoms with Crippen LogP contribution in [0.4, 0.5) is 0 Å². The van der Waals surface area contributed by atoms with Crippen LogP contribution >= 0.6 is 0 Å². The van der Waals surface area contributed by atoms with E-state index in [9.17, 15) is 15.0 Å². The largest absolute Gasteiger partial charge is 0.507 e. The summed E-state index contributed by atoms with van der Waals surface area (Å²) < 4.78 is 11.0. The number of carbonyl (C=O) groups excluding carboxylic acids is 1. The average Bonchev–Trinajstić information content (AvgIpc) is 2.60. The Morgan fingerprint density at radius 1 is 1.27 bits per heavy atom. The van der Waals surface area contributed by atoms with Gasteiger partial charge in [0.25, 0.3) is 0 Å². The highest BCUT2D eigenvalue weighted by atomic mass is 16.5. The molecule has 0 radical (unpaired) electrons. The number of aromatic hydroxyl groups is 2. The first-order valence-corrected chi connectivity index (χ1v) is 8.45. The smallest absolute Gasteiger partial charge is 0.174 e. The maximum absolute atomic E-state index is 12.7. The molecule has 0 saturated carbocycles. The molecule has 1 aliphatic heterocycles. The van der Waals surface area contributed by atoms with Crippen molar-refractivity contribution in [2.45, 2.75) is 32.8 Å². The van der Waals surface area contributed by atoms with Gasteiger partial charge in [0.2, 0.25) is 0 Å². The monoisotopic (exact) mass is 354 g/mol. The van der Waals surface area contributed by atoms with Gasteiger partial charge in [-0.05, 0) is 38.0 Å². The van der Waals surface area contributed by atoms with Gasteiger partial charge in [-0.15, -0.1) is 0 Å². The van der Waals surface area contributed by atoms with Crippen molar-refractivity contribution in [2.24, 2.45) is 0 Å². The average molecular weight is 354 g/mol. The Balaban J connectivity index is 1.95. The highest BCUT2D eigenvalue weighted by Gasteiger charge is 2.32. The third-order valence-corrected chi connectivity index (χ3v) is 4.47. The van der Waals surface area contributed by atoms with Crippen LogP contribution in [-0.4, -0.2) is 23.1 Å². The fourth-order valence-electron chi connectivity index (χ4n) is 3.01. The van der Waals surface area contributed by atoms with Crippen LogP contribution in [0.3, 0.4) is 0 Å². The number of phenols is 2. The van der Waals surface area contributed by atoms with Crippen LogP contribution in [0.15, 0.2) is 42.0 Å². The van der Waals surface area contributed by atoms with Crippen molar-refractivity contribution in [1.29, 1.82) is 0 Å². The number of carbonyl (C=O) groups is 1. The van der Waals surface area contributed by atoms with Gasteiger partial charge in [-0.2, -0.15) is 0 Å². The standard InChI is InChI=1S/C21H22O5/c1-12(2)4-9-15-16(22)10-19-20(21(15)24)17(23)11-18(26-19)13-5-7-14(25-3)8-6-13/h4-8,10,18,22,24H,9,11H2,1-3H3/t18-/m1/s1. The number of ether oxygens (including phenoxy) is 2. The normalized spacial score (nSPS) is 15.8. The Kier molecular flexibility index (Phi) is 4.89. The van der Waals surface area contributed by atoms with E-state index < -0.39 is 6.10 Å². The van der Waals surface area contributed by atoms with E-state index in [0.717, 1.165) is 16.9 Å². The summed E-state index contributed by atoms with van der Waals surface area (Å²) in [6.45, 7) is 3.86. The molecule has 1 heterocycles. The van der Waals surface area contributed by atoms with Crippen molar-refractivity contribution in [3.05, 3.63) is 58.7 Å². The molecule has 2 aromatic rings. The minimum atomic E-state index is -0.469. The molecule has 136 valence electrons. The van der Waals surface area contributed by atoms with E-state index in [1.54, 1.807) is 19.2 Å². The third kappa shape index (κ3) is 3.38. The molecule has 0 saturated heterocycles. The number of allylic oxidation sites excluding steroid dienone is 2. The maximum Gasteiger partial charge on any atom is 0.174 e. The Morgan fingerprint density at radius 2 is 1.96 bits per heavy atom. The van der Waals surface area contributed by atoms with E-state index in [2.05, 4.69) is 0 Å². The fraction of sp³-hybridized carbons (Fsp3) is 0.286. The van der Waals surface area contributed by atoms with Gasteiger partial charge >= 0.3 is 0 Å². The molecule has 2 N–H and O–H groups in total. The molecule has 1 atom stereocenters. The maximum atomic E-state index is 12.7. The van der Waals surface area contributed by atoms with Gasteiger partial charge in [-0.1, -0.05) is 23.8 Å². The van der Waals surface area contributed by atoms with Crippen LogP contribution in [0, 0.1) is 0 Å². The minimum Gasteiger partial charge on any atom is -0.507 e. The molecule has 0 fully saturated rings. The Bertz CT molecular complexity index is 861. The molecule has 26 heavy (non-hydrogen) atoms. The first-order chi connectivity index (χ1) is 12.4. The zero-order valence-corrected chi connectivity index (χ0v) is 15.1. The fourth-order valence-corrected chi connectivity index (χ4v) is 3.01. The molecular weight excluding hydrogens is 332 g/mol. The molecule has 5 heteroatoms. The summed E-state index contributed by atoms with van der Waals surface area (Å²) in [5.41, 5.74) is 2.37. The minimum absolute atomic E-state index is 0.0815. The van der Waals surface area contributed by atoms with E-state index in [-0.39, 0.29) is 35.0 Å². The molecular formula is C21H22O5. The van der Waals surface area contributed by atoms with Crippen LogP contribution in [0.5, 0.6) is 23.0 Å².